The Morgan fingerprint density at radius 2 is 1.96 bits per heavy atom. The van der Waals surface area contributed by atoms with Gasteiger partial charge < -0.3 is 15.5 Å². The van der Waals surface area contributed by atoms with E-state index in [-0.39, 0.29) is 28.5 Å². The third-order valence-electron chi connectivity index (χ3n) is 5.65. The SMILES string of the molecule is CC(Sc1ncccc1C(=O)N1CCC(N)C(C)(C)C1)C(=O)N1CCCC1. The van der Waals surface area contributed by atoms with Crippen molar-refractivity contribution in [3.05, 3.63) is 23.9 Å². The van der Waals surface area contributed by atoms with Crippen LogP contribution >= 0.6 is 11.8 Å². The van der Waals surface area contributed by atoms with E-state index >= 15 is 0 Å². The molecule has 2 saturated heterocycles. The lowest BCUT2D eigenvalue weighted by molar-refractivity contribution is -0.129. The number of nitrogens with zero attached hydrogens (tertiary/aromatic N) is 3. The fourth-order valence-electron chi connectivity index (χ4n) is 3.78. The number of pyridine rings is 1. The molecule has 3 heterocycles. The first kappa shape index (κ1) is 20.1. The lowest BCUT2D eigenvalue weighted by Gasteiger charge is -2.42. The molecule has 2 atom stereocenters. The molecule has 2 fully saturated rings. The van der Waals surface area contributed by atoms with E-state index in [2.05, 4.69) is 18.8 Å². The van der Waals surface area contributed by atoms with Crippen molar-refractivity contribution in [1.29, 1.82) is 0 Å². The van der Waals surface area contributed by atoms with Crippen molar-refractivity contribution in [3.63, 3.8) is 0 Å². The first-order chi connectivity index (χ1) is 12.8. The smallest absolute Gasteiger partial charge is 0.256 e. The lowest BCUT2D eigenvalue weighted by atomic mass is 9.79. The Labute approximate surface area is 165 Å². The predicted octanol–water partition coefficient (Wildman–Crippen LogP) is 2.38. The average molecular weight is 391 g/mol. The summed E-state index contributed by atoms with van der Waals surface area (Å²) in [6, 6.07) is 3.69. The third-order valence-corrected chi connectivity index (χ3v) is 6.76. The van der Waals surface area contributed by atoms with Crippen LogP contribution in [-0.2, 0) is 4.79 Å². The van der Waals surface area contributed by atoms with Crippen LogP contribution in [0.15, 0.2) is 23.4 Å². The fraction of sp³-hybridized carbons (Fsp3) is 0.650. The van der Waals surface area contributed by atoms with E-state index in [4.69, 9.17) is 5.73 Å². The molecule has 0 radical (unpaired) electrons. The molecule has 2 unspecified atom stereocenters. The highest BCUT2D eigenvalue weighted by atomic mass is 32.2. The number of aromatic nitrogens is 1. The molecular weight excluding hydrogens is 360 g/mol. The molecule has 0 aromatic carbocycles. The Bertz CT molecular complexity index is 703. The van der Waals surface area contributed by atoms with Crippen LogP contribution in [0.3, 0.4) is 0 Å². The molecule has 0 spiro atoms. The van der Waals surface area contributed by atoms with E-state index in [0.717, 1.165) is 32.4 Å². The maximum atomic E-state index is 13.2. The summed E-state index contributed by atoms with van der Waals surface area (Å²) in [5, 5.41) is 0.381. The number of hydrogen-bond donors (Lipinski definition) is 1. The summed E-state index contributed by atoms with van der Waals surface area (Å²) in [7, 11) is 0. The minimum Gasteiger partial charge on any atom is -0.342 e. The number of carbonyl (C=O) groups is 2. The predicted molar refractivity (Wildman–Crippen MR) is 108 cm³/mol. The molecule has 6 nitrogen and oxygen atoms in total. The zero-order chi connectivity index (χ0) is 19.6. The monoisotopic (exact) mass is 390 g/mol. The van der Waals surface area contributed by atoms with Crippen LogP contribution in [0.2, 0.25) is 0 Å². The second-order valence-electron chi connectivity index (χ2n) is 8.26. The van der Waals surface area contributed by atoms with Crippen LogP contribution in [0.4, 0.5) is 0 Å². The highest BCUT2D eigenvalue weighted by molar-refractivity contribution is 8.00. The van der Waals surface area contributed by atoms with Crippen molar-refractivity contribution < 1.29 is 9.59 Å². The Hall–Kier alpha value is -1.60. The van der Waals surface area contributed by atoms with Crippen LogP contribution in [0, 0.1) is 5.41 Å². The largest absolute Gasteiger partial charge is 0.342 e. The third kappa shape index (κ3) is 4.46. The number of piperidine rings is 1. The molecule has 3 rings (SSSR count). The molecule has 27 heavy (non-hydrogen) atoms. The van der Waals surface area contributed by atoms with Gasteiger partial charge in [-0.2, -0.15) is 0 Å². The fourth-order valence-corrected chi connectivity index (χ4v) is 4.77. The molecule has 148 valence electrons. The van der Waals surface area contributed by atoms with Crippen molar-refractivity contribution in [2.45, 2.75) is 56.4 Å². The molecule has 0 saturated carbocycles. The van der Waals surface area contributed by atoms with E-state index < -0.39 is 0 Å². The summed E-state index contributed by atoms with van der Waals surface area (Å²) in [5.41, 5.74) is 6.68. The summed E-state index contributed by atoms with van der Waals surface area (Å²) in [6.07, 6.45) is 4.63. The second kappa shape index (κ2) is 8.19. The van der Waals surface area contributed by atoms with Crippen LogP contribution < -0.4 is 5.73 Å². The molecule has 7 heteroatoms. The van der Waals surface area contributed by atoms with Gasteiger partial charge in [0.25, 0.3) is 5.91 Å². The van der Waals surface area contributed by atoms with Gasteiger partial charge in [0.05, 0.1) is 10.8 Å². The van der Waals surface area contributed by atoms with Gasteiger partial charge in [-0.15, -0.1) is 0 Å². The Balaban J connectivity index is 1.73. The summed E-state index contributed by atoms with van der Waals surface area (Å²) >= 11 is 1.38. The molecule has 1 aromatic rings. The highest BCUT2D eigenvalue weighted by Crippen LogP contribution is 2.31. The quantitative estimate of drug-likeness (QED) is 0.799. The van der Waals surface area contributed by atoms with E-state index in [0.29, 0.717) is 23.7 Å². The molecule has 0 aliphatic carbocycles. The molecular formula is C20H30N4O2S. The van der Waals surface area contributed by atoms with Crippen molar-refractivity contribution in [3.8, 4) is 0 Å². The number of likely N-dealkylation sites (tertiary alicyclic amines) is 2. The van der Waals surface area contributed by atoms with Gasteiger partial charge in [-0.1, -0.05) is 25.6 Å². The van der Waals surface area contributed by atoms with Crippen LogP contribution in [0.5, 0.6) is 0 Å². The highest BCUT2D eigenvalue weighted by Gasteiger charge is 2.36. The lowest BCUT2D eigenvalue weighted by Crippen LogP contribution is -2.54. The minimum atomic E-state index is -0.254. The van der Waals surface area contributed by atoms with Gasteiger partial charge in [-0.05, 0) is 43.7 Å². The number of thioether (sulfide) groups is 1. The van der Waals surface area contributed by atoms with Crippen molar-refractivity contribution >= 4 is 23.6 Å². The normalized spacial score (nSPS) is 23.3. The van der Waals surface area contributed by atoms with Gasteiger partial charge in [0.1, 0.15) is 5.03 Å². The van der Waals surface area contributed by atoms with Crippen LogP contribution in [0.1, 0.15) is 50.4 Å². The summed E-state index contributed by atoms with van der Waals surface area (Å²) in [4.78, 5) is 34.0. The Kier molecular flexibility index (Phi) is 6.11. The maximum Gasteiger partial charge on any atom is 0.256 e. The van der Waals surface area contributed by atoms with Gasteiger partial charge >= 0.3 is 0 Å². The van der Waals surface area contributed by atoms with Crippen LogP contribution in [-0.4, -0.2) is 64.1 Å². The molecule has 1 aromatic heterocycles. The Morgan fingerprint density at radius 1 is 1.26 bits per heavy atom. The van der Waals surface area contributed by atoms with Gasteiger partial charge in [-0.25, -0.2) is 4.98 Å². The zero-order valence-electron chi connectivity index (χ0n) is 16.5. The first-order valence-corrected chi connectivity index (χ1v) is 10.6. The molecule has 2 N–H and O–H groups in total. The van der Waals surface area contributed by atoms with Gasteiger partial charge in [0, 0.05) is 38.4 Å². The molecule has 0 bridgehead atoms. The number of amides is 2. The standard InChI is InChI=1S/C20H30N4O2S/c1-14(18(25)23-10-4-5-11-23)27-17-15(7-6-9-22-17)19(26)24-12-8-16(21)20(2,3)13-24/h6-7,9,14,16H,4-5,8,10-13,21H2,1-3H3. The number of nitrogens with two attached hydrogens (primary N) is 1. The van der Waals surface area contributed by atoms with Gasteiger partial charge in [0.15, 0.2) is 0 Å². The minimum absolute atomic E-state index is 0.0219. The van der Waals surface area contributed by atoms with Crippen molar-refractivity contribution in [2.24, 2.45) is 11.1 Å². The number of carbonyl (C=O) groups excluding carboxylic acids is 2. The van der Waals surface area contributed by atoms with Crippen molar-refractivity contribution in [2.75, 3.05) is 26.2 Å². The van der Waals surface area contributed by atoms with Gasteiger partial charge in [-0.3, -0.25) is 9.59 Å². The number of hydrogen-bond acceptors (Lipinski definition) is 5. The summed E-state index contributed by atoms with van der Waals surface area (Å²) in [5.74, 6) is 0.109. The van der Waals surface area contributed by atoms with E-state index in [9.17, 15) is 9.59 Å². The average Bonchev–Trinajstić information content (AvgIpc) is 3.17. The second-order valence-corrected chi connectivity index (χ2v) is 9.59. The number of rotatable bonds is 4. The van der Waals surface area contributed by atoms with E-state index in [1.807, 2.05) is 22.8 Å². The summed E-state index contributed by atoms with van der Waals surface area (Å²) < 4.78 is 0. The molecule has 2 aliphatic heterocycles. The van der Waals surface area contributed by atoms with Crippen LogP contribution in [0.25, 0.3) is 0 Å². The Morgan fingerprint density at radius 3 is 2.63 bits per heavy atom. The summed E-state index contributed by atoms with van der Waals surface area (Å²) in [6.45, 7) is 9.07. The topological polar surface area (TPSA) is 79.5 Å². The first-order valence-electron chi connectivity index (χ1n) is 9.75. The molecule has 2 aliphatic rings. The maximum absolute atomic E-state index is 13.2. The van der Waals surface area contributed by atoms with E-state index in [1.165, 1.54) is 11.8 Å². The van der Waals surface area contributed by atoms with Gasteiger partial charge in [0.2, 0.25) is 5.91 Å². The van der Waals surface area contributed by atoms with E-state index in [1.54, 1.807) is 12.3 Å². The molecule has 2 amide bonds. The van der Waals surface area contributed by atoms with Crippen molar-refractivity contribution in [1.82, 2.24) is 14.8 Å². The zero-order valence-corrected chi connectivity index (χ0v) is 17.3.